The van der Waals surface area contributed by atoms with Crippen LogP contribution in [0.5, 0.6) is 0 Å². The van der Waals surface area contributed by atoms with Crippen LogP contribution in [0.15, 0.2) is 47.4 Å². The molecule has 0 spiro atoms. The largest absolute Gasteiger partial charge is 0.352 e. The third-order valence-electron chi connectivity index (χ3n) is 4.79. The summed E-state index contributed by atoms with van der Waals surface area (Å²) >= 11 is 0. The monoisotopic (exact) mass is 408 g/mol. The summed E-state index contributed by atoms with van der Waals surface area (Å²) in [6, 6.07) is 9.23. The highest BCUT2D eigenvalue weighted by atomic mass is 32.2. The molecule has 0 heterocycles. The van der Waals surface area contributed by atoms with Gasteiger partial charge in [-0.2, -0.15) is 0 Å². The fourth-order valence-electron chi connectivity index (χ4n) is 3.26. The van der Waals surface area contributed by atoms with Gasteiger partial charge >= 0.3 is 0 Å². The van der Waals surface area contributed by atoms with Crippen molar-refractivity contribution in [3.63, 3.8) is 0 Å². The van der Waals surface area contributed by atoms with Crippen molar-refractivity contribution >= 4 is 15.9 Å². The zero-order valence-electron chi connectivity index (χ0n) is 15.3. The zero-order valence-corrected chi connectivity index (χ0v) is 16.1. The van der Waals surface area contributed by atoms with Crippen molar-refractivity contribution in [2.45, 2.75) is 43.0 Å². The molecule has 2 N–H and O–H groups in total. The van der Waals surface area contributed by atoms with Gasteiger partial charge in [-0.3, -0.25) is 4.79 Å². The number of benzene rings is 2. The summed E-state index contributed by atoms with van der Waals surface area (Å²) in [5.41, 5.74) is 0.612. The number of halogens is 2. The van der Waals surface area contributed by atoms with Crippen LogP contribution in [0, 0.1) is 11.6 Å². The van der Waals surface area contributed by atoms with Gasteiger partial charge in [0.05, 0.1) is 10.5 Å². The van der Waals surface area contributed by atoms with Gasteiger partial charge in [-0.15, -0.1) is 0 Å². The average molecular weight is 408 g/mol. The maximum Gasteiger partial charge on any atom is 0.254 e. The molecular formula is C20H22F2N2O3S. The van der Waals surface area contributed by atoms with E-state index in [1.54, 1.807) is 12.1 Å². The van der Waals surface area contributed by atoms with Crippen molar-refractivity contribution in [2.75, 3.05) is 6.54 Å². The Hall–Kier alpha value is -2.32. The van der Waals surface area contributed by atoms with Gasteiger partial charge in [-0.1, -0.05) is 25.0 Å². The maximum atomic E-state index is 13.6. The Morgan fingerprint density at radius 3 is 2.36 bits per heavy atom. The van der Waals surface area contributed by atoms with Crippen molar-refractivity contribution in [3.8, 4) is 0 Å². The van der Waals surface area contributed by atoms with Gasteiger partial charge in [-0.05, 0) is 49.1 Å². The van der Waals surface area contributed by atoms with E-state index in [-0.39, 0.29) is 23.0 Å². The first kappa shape index (κ1) is 20.4. The molecule has 0 bridgehead atoms. The molecule has 1 aliphatic rings. The minimum Gasteiger partial charge on any atom is -0.352 e. The lowest BCUT2D eigenvalue weighted by atomic mass is 10.1. The minimum atomic E-state index is -3.53. The van der Waals surface area contributed by atoms with Crippen molar-refractivity contribution in [2.24, 2.45) is 0 Å². The van der Waals surface area contributed by atoms with Gasteiger partial charge in [0.25, 0.3) is 5.91 Å². The molecule has 0 aromatic heterocycles. The predicted octanol–water partition coefficient (Wildman–Crippen LogP) is 3.16. The van der Waals surface area contributed by atoms with E-state index in [4.69, 9.17) is 0 Å². The van der Waals surface area contributed by atoms with Crippen LogP contribution in [-0.2, 0) is 16.4 Å². The van der Waals surface area contributed by atoms with Crippen LogP contribution in [0.3, 0.4) is 0 Å². The Labute approximate surface area is 163 Å². The number of sulfonamides is 1. The lowest BCUT2D eigenvalue weighted by Gasteiger charge is -2.13. The first-order valence-corrected chi connectivity index (χ1v) is 10.7. The number of amides is 1. The molecule has 0 radical (unpaired) electrons. The van der Waals surface area contributed by atoms with E-state index in [1.165, 1.54) is 12.1 Å². The fraction of sp³-hybridized carbons (Fsp3) is 0.350. The highest BCUT2D eigenvalue weighted by Gasteiger charge is 2.22. The maximum absolute atomic E-state index is 13.6. The molecule has 0 unspecified atom stereocenters. The van der Waals surface area contributed by atoms with E-state index in [1.807, 2.05) is 0 Å². The molecule has 150 valence electrons. The van der Waals surface area contributed by atoms with Crippen LogP contribution in [0.25, 0.3) is 0 Å². The van der Waals surface area contributed by atoms with Crippen molar-refractivity contribution in [1.82, 2.24) is 10.0 Å². The SMILES string of the molecule is O=C(NCCc1ccc(S(=O)(=O)NC2CCCC2)cc1)c1ccc(F)cc1F. The topological polar surface area (TPSA) is 75.3 Å². The average Bonchev–Trinajstić information content (AvgIpc) is 3.14. The molecule has 1 fully saturated rings. The van der Waals surface area contributed by atoms with Gasteiger partial charge in [0.2, 0.25) is 10.0 Å². The van der Waals surface area contributed by atoms with Crippen LogP contribution in [0.2, 0.25) is 0 Å². The van der Waals surface area contributed by atoms with Crippen molar-refractivity contribution in [1.29, 1.82) is 0 Å². The van der Waals surface area contributed by atoms with Crippen molar-refractivity contribution < 1.29 is 22.0 Å². The highest BCUT2D eigenvalue weighted by Crippen LogP contribution is 2.20. The van der Waals surface area contributed by atoms with E-state index in [2.05, 4.69) is 10.0 Å². The summed E-state index contributed by atoms with van der Waals surface area (Å²) in [6.07, 6.45) is 4.27. The van der Waals surface area contributed by atoms with Crippen LogP contribution in [0.1, 0.15) is 41.6 Å². The number of nitrogens with one attached hydrogen (secondary N) is 2. The second kappa shape index (κ2) is 8.79. The van der Waals surface area contributed by atoms with E-state index < -0.39 is 27.6 Å². The van der Waals surface area contributed by atoms with Gasteiger partial charge in [0.1, 0.15) is 11.6 Å². The lowest BCUT2D eigenvalue weighted by molar-refractivity contribution is 0.0950. The van der Waals surface area contributed by atoms with Gasteiger partial charge in [0, 0.05) is 18.7 Å². The van der Waals surface area contributed by atoms with Gasteiger partial charge in [-0.25, -0.2) is 21.9 Å². The molecule has 1 saturated carbocycles. The van der Waals surface area contributed by atoms with E-state index in [0.717, 1.165) is 43.4 Å². The van der Waals surface area contributed by atoms with Crippen LogP contribution in [-0.4, -0.2) is 26.9 Å². The zero-order chi connectivity index (χ0) is 20.1. The first-order valence-electron chi connectivity index (χ1n) is 9.20. The van der Waals surface area contributed by atoms with Crippen molar-refractivity contribution in [3.05, 3.63) is 65.2 Å². The molecule has 8 heteroatoms. The Kier molecular flexibility index (Phi) is 6.41. The summed E-state index contributed by atoms with van der Waals surface area (Å²) in [6.45, 7) is 0.238. The molecule has 1 amide bonds. The number of hydrogen-bond acceptors (Lipinski definition) is 3. The molecule has 0 aliphatic heterocycles. The summed E-state index contributed by atoms with van der Waals surface area (Å²) in [4.78, 5) is 12.2. The van der Waals surface area contributed by atoms with Gasteiger partial charge < -0.3 is 5.32 Å². The number of rotatable bonds is 7. The highest BCUT2D eigenvalue weighted by molar-refractivity contribution is 7.89. The predicted molar refractivity (Wildman–Crippen MR) is 101 cm³/mol. The second-order valence-electron chi connectivity index (χ2n) is 6.88. The summed E-state index contributed by atoms with van der Waals surface area (Å²) in [7, 11) is -3.53. The van der Waals surface area contributed by atoms with Crippen LogP contribution < -0.4 is 10.0 Å². The minimum absolute atomic E-state index is 0.00625. The lowest BCUT2D eigenvalue weighted by Crippen LogP contribution is -2.32. The normalized spacial score (nSPS) is 14.9. The van der Waals surface area contributed by atoms with Crippen LogP contribution in [0.4, 0.5) is 8.78 Å². The Morgan fingerprint density at radius 2 is 1.71 bits per heavy atom. The van der Waals surface area contributed by atoms with Crippen LogP contribution >= 0.6 is 0 Å². The summed E-state index contributed by atoms with van der Waals surface area (Å²) < 4.78 is 54.0. The Balaban J connectivity index is 1.53. The molecule has 0 atom stereocenters. The smallest absolute Gasteiger partial charge is 0.254 e. The van der Waals surface area contributed by atoms with E-state index in [9.17, 15) is 22.0 Å². The molecule has 28 heavy (non-hydrogen) atoms. The standard InChI is InChI=1S/C20H22F2N2O3S/c21-15-7-10-18(19(22)13-15)20(25)23-12-11-14-5-8-17(9-6-14)28(26,27)24-16-3-1-2-4-16/h5-10,13,16,24H,1-4,11-12H2,(H,23,25). The molecular weight excluding hydrogens is 386 g/mol. The molecule has 5 nitrogen and oxygen atoms in total. The Morgan fingerprint density at radius 1 is 1.04 bits per heavy atom. The molecule has 3 rings (SSSR count). The van der Waals surface area contributed by atoms with E-state index in [0.29, 0.717) is 12.5 Å². The quantitative estimate of drug-likeness (QED) is 0.739. The number of hydrogen-bond donors (Lipinski definition) is 2. The Bertz CT molecular complexity index is 940. The second-order valence-corrected chi connectivity index (χ2v) is 8.59. The number of carbonyl (C=O) groups excluding carboxylic acids is 1. The first-order chi connectivity index (χ1) is 13.3. The summed E-state index contributed by atoms with van der Waals surface area (Å²) in [5, 5.41) is 2.57. The third kappa shape index (κ3) is 5.14. The molecule has 2 aromatic carbocycles. The summed E-state index contributed by atoms with van der Waals surface area (Å²) in [5.74, 6) is -2.29. The fourth-order valence-corrected chi connectivity index (χ4v) is 4.56. The van der Waals surface area contributed by atoms with E-state index >= 15 is 0 Å². The number of carbonyl (C=O) groups is 1. The molecule has 1 aliphatic carbocycles. The third-order valence-corrected chi connectivity index (χ3v) is 6.32. The molecule has 2 aromatic rings. The molecule has 0 saturated heterocycles. The van der Waals surface area contributed by atoms with Gasteiger partial charge in [0.15, 0.2) is 0 Å².